The fraction of sp³-hybridized carbons (Fsp3) is 0.217. The number of allylic oxidation sites excluding steroid dienone is 2. The van der Waals surface area contributed by atoms with Crippen molar-refractivity contribution in [3.05, 3.63) is 80.5 Å². The third-order valence-corrected chi connectivity index (χ3v) is 6.63. The second-order valence-electron chi connectivity index (χ2n) is 7.52. The van der Waals surface area contributed by atoms with Gasteiger partial charge in [-0.15, -0.1) is 0 Å². The zero-order valence-electron chi connectivity index (χ0n) is 15.2. The zero-order valence-corrected chi connectivity index (χ0v) is 16.8. The first-order chi connectivity index (χ1) is 14.0. The van der Waals surface area contributed by atoms with E-state index in [9.17, 15) is 14.4 Å². The Morgan fingerprint density at radius 2 is 1.55 bits per heavy atom. The number of benzene rings is 2. The van der Waals surface area contributed by atoms with Gasteiger partial charge in [0.2, 0.25) is 5.78 Å². The molecule has 29 heavy (non-hydrogen) atoms. The quantitative estimate of drug-likeness (QED) is 0.630. The van der Waals surface area contributed by atoms with Gasteiger partial charge in [-0.3, -0.25) is 19.4 Å². The molecule has 5 rings (SSSR count). The number of hydrogen-bond donors (Lipinski definition) is 0. The molecule has 2 aliphatic carbocycles. The molecule has 0 radical (unpaired) electrons. The van der Waals surface area contributed by atoms with E-state index in [0.717, 1.165) is 0 Å². The number of halogens is 2. The van der Waals surface area contributed by atoms with Crippen LogP contribution >= 0.6 is 23.2 Å². The lowest BCUT2D eigenvalue weighted by atomic mass is 9.66. The molecule has 0 saturated heterocycles. The van der Waals surface area contributed by atoms with Crippen molar-refractivity contribution in [2.45, 2.75) is 25.2 Å². The third-order valence-electron chi connectivity index (χ3n) is 5.90. The van der Waals surface area contributed by atoms with Crippen LogP contribution in [-0.2, 0) is 4.79 Å². The van der Waals surface area contributed by atoms with Crippen molar-refractivity contribution >= 4 is 46.3 Å². The predicted molar refractivity (Wildman–Crippen MR) is 111 cm³/mol. The van der Waals surface area contributed by atoms with Gasteiger partial charge in [-0.1, -0.05) is 53.5 Å². The van der Waals surface area contributed by atoms with Gasteiger partial charge >= 0.3 is 0 Å². The summed E-state index contributed by atoms with van der Waals surface area (Å²) in [5, 5.41) is 0.731. The highest BCUT2D eigenvalue weighted by atomic mass is 35.5. The van der Waals surface area contributed by atoms with E-state index >= 15 is 0 Å². The lowest BCUT2D eigenvalue weighted by Crippen LogP contribution is -2.41. The van der Waals surface area contributed by atoms with Crippen LogP contribution in [0.2, 0.25) is 10.0 Å². The minimum absolute atomic E-state index is 0.0386. The molecule has 0 N–H and O–H groups in total. The normalized spacial score (nSPS) is 23.4. The predicted octanol–water partition coefficient (Wildman–Crippen LogP) is 5.23. The highest BCUT2D eigenvalue weighted by Gasteiger charge is 2.47. The van der Waals surface area contributed by atoms with Crippen molar-refractivity contribution in [3.63, 3.8) is 0 Å². The van der Waals surface area contributed by atoms with Crippen LogP contribution in [-0.4, -0.2) is 23.1 Å². The fourth-order valence-corrected chi connectivity index (χ4v) is 4.91. The standard InChI is InChI=1S/C23H15Cl2NO3/c24-14-9-8-11(10-15(14)25)18-19-16(6-3-7-17(19)27)26-21-20(18)22(28)12-4-1-2-5-13(12)23(21)29/h1-2,4-5,8-10,18-19H,3,6-7H2. The van der Waals surface area contributed by atoms with Gasteiger partial charge in [0.15, 0.2) is 5.78 Å². The minimum atomic E-state index is -0.593. The molecule has 6 heteroatoms. The second kappa shape index (κ2) is 6.75. The van der Waals surface area contributed by atoms with Crippen molar-refractivity contribution in [2.75, 3.05) is 0 Å². The van der Waals surface area contributed by atoms with Crippen molar-refractivity contribution in [3.8, 4) is 0 Å². The largest absolute Gasteiger partial charge is 0.299 e. The van der Waals surface area contributed by atoms with Crippen LogP contribution in [0.3, 0.4) is 0 Å². The minimum Gasteiger partial charge on any atom is -0.299 e. The molecule has 1 aliphatic heterocycles. The topological polar surface area (TPSA) is 63.6 Å². The maximum absolute atomic E-state index is 13.5. The van der Waals surface area contributed by atoms with Gasteiger partial charge in [0.05, 0.1) is 16.0 Å². The van der Waals surface area contributed by atoms with Crippen molar-refractivity contribution in [1.82, 2.24) is 0 Å². The van der Waals surface area contributed by atoms with E-state index in [-0.39, 0.29) is 28.6 Å². The van der Waals surface area contributed by atoms with Crippen LogP contribution in [0.5, 0.6) is 0 Å². The first-order valence-corrected chi connectivity index (χ1v) is 10.2. The van der Waals surface area contributed by atoms with Crippen LogP contribution in [0.25, 0.3) is 0 Å². The maximum Gasteiger partial charge on any atom is 0.212 e. The van der Waals surface area contributed by atoms with Crippen LogP contribution in [0.1, 0.15) is 51.5 Å². The SMILES string of the molecule is O=C1C2=C(C(=O)c3ccccc31)C(c1ccc(Cl)c(Cl)c1)C1C(=O)CCCC1=N2. The van der Waals surface area contributed by atoms with E-state index in [1.165, 1.54) is 0 Å². The van der Waals surface area contributed by atoms with E-state index in [1.807, 2.05) is 0 Å². The lowest BCUT2D eigenvalue weighted by Gasteiger charge is -2.37. The molecule has 2 unspecified atom stereocenters. The summed E-state index contributed by atoms with van der Waals surface area (Å²) in [4.78, 5) is 44.1. The molecule has 144 valence electrons. The molecular weight excluding hydrogens is 409 g/mol. The van der Waals surface area contributed by atoms with E-state index in [2.05, 4.69) is 4.99 Å². The first-order valence-electron chi connectivity index (χ1n) is 9.45. The molecule has 2 aromatic rings. The number of ketones is 3. The molecule has 0 spiro atoms. The smallest absolute Gasteiger partial charge is 0.212 e. The van der Waals surface area contributed by atoms with Crippen molar-refractivity contribution in [1.29, 1.82) is 0 Å². The maximum atomic E-state index is 13.5. The molecule has 0 amide bonds. The number of hydrogen-bond acceptors (Lipinski definition) is 4. The van der Waals surface area contributed by atoms with Crippen LogP contribution in [0.4, 0.5) is 0 Å². The van der Waals surface area contributed by atoms with Gasteiger partial charge in [0.1, 0.15) is 11.5 Å². The second-order valence-corrected chi connectivity index (χ2v) is 8.33. The number of nitrogens with zero attached hydrogens (tertiary/aromatic N) is 1. The molecule has 0 aromatic heterocycles. The molecule has 4 nitrogen and oxygen atoms in total. The summed E-state index contributed by atoms with van der Waals surface area (Å²) in [5.74, 6) is -1.64. The summed E-state index contributed by atoms with van der Waals surface area (Å²) >= 11 is 12.3. The molecular formula is C23H15Cl2NO3. The highest BCUT2D eigenvalue weighted by Crippen LogP contribution is 2.47. The van der Waals surface area contributed by atoms with Gasteiger partial charge in [0, 0.05) is 34.8 Å². The van der Waals surface area contributed by atoms with Crippen molar-refractivity contribution in [2.24, 2.45) is 10.9 Å². The van der Waals surface area contributed by atoms with Crippen LogP contribution < -0.4 is 0 Å². The average Bonchev–Trinajstić information content (AvgIpc) is 2.73. The Morgan fingerprint density at radius 3 is 2.28 bits per heavy atom. The number of fused-ring (bicyclic) bond motifs is 2. The number of carbonyl (C=O) groups excluding carboxylic acids is 3. The number of aliphatic imine (C=N–C) groups is 1. The summed E-state index contributed by atoms with van der Waals surface area (Å²) < 4.78 is 0. The number of rotatable bonds is 1. The Labute approximate surface area is 177 Å². The van der Waals surface area contributed by atoms with Gasteiger partial charge in [0.25, 0.3) is 0 Å². The van der Waals surface area contributed by atoms with Crippen LogP contribution in [0.15, 0.2) is 58.7 Å². The number of carbonyl (C=O) groups is 3. The third kappa shape index (κ3) is 2.74. The molecule has 3 aliphatic rings. The van der Waals surface area contributed by atoms with E-state index in [4.69, 9.17) is 23.2 Å². The van der Waals surface area contributed by atoms with E-state index in [1.54, 1.807) is 42.5 Å². The number of Topliss-reactive ketones (excluding diaryl/α,β-unsaturated/α-hetero) is 3. The van der Waals surface area contributed by atoms with Gasteiger partial charge in [-0.2, -0.15) is 0 Å². The molecule has 2 atom stereocenters. The Kier molecular flexibility index (Phi) is 4.30. The van der Waals surface area contributed by atoms with Gasteiger partial charge < -0.3 is 0 Å². The summed E-state index contributed by atoms with van der Waals surface area (Å²) in [6, 6.07) is 11.9. The summed E-state index contributed by atoms with van der Waals surface area (Å²) in [6.07, 6.45) is 1.76. The highest BCUT2D eigenvalue weighted by molar-refractivity contribution is 6.42. The first kappa shape index (κ1) is 18.5. The van der Waals surface area contributed by atoms with E-state index in [0.29, 0.717) is 51.7 Å². The fourth-order valence-electron chi connectivity index (χ4n) is 4.60. The van der Waals surface area contributed by atoms with Gasteiger partial charge in [-0.25, -0.2) is 0 Å². The molecule has 1 fully saturated rings. The van der Waals surface area contributed by atoms with Crippen LogP contribution in [0, 0.1) is 5.92 Å². The Bertz CT molecular complexity index is 1180. The van der Waals surface area contributed by atoms with Gasteiger partial charge in [-0.05, 0) is 30.5 Å². The van der Waals surface area contributed by atoms with Crippen molar-refractivity contribution < 1.29 is 14.4 Å². The molecule has 2 aromatic carbocycles. The molecule has 1 saturated carbocycles. The van der Waals surface area contributed by atoms with E-state index < -0.39 is 11.8 Å². The lowest BCUT2D eigenvalue weighted by molar-refractivity contribution is -0.121. The average molecular weight is 424 g/mol. The Hall–Kier alpha value is -2.56. The summed E-state index contributed by atoms with van der Waals surface area (Å²) in [5.41, 5.74) is 2.52. The Balaban J connectivity index is 1.78. The zero-order chi connectivity index (χ0) is 20.3. The molecule has 0 bridgehead atoms. The summed E-state index contributed by atoms with van der Waals surface area (Å²) in [7, 11) is 0. The Morgan fingerprint density at radius 1 is 0.828 bits per heavy atom. The molecule has 1 heterocycles. The monoisotopic (exact) mass is 423 g/mol. The summed E-state index contributed by atoms with van der Waals surface area (Å²) in [6.45, 7) is 0.